The van der Waals surface area contributed by atoms with Crippen LogP contribution < -0.4 is 9.47 Å². The predicted octanol–water partition coefficient (Wildman–Crippen LogP) is 4.47. The minimum Gasteiger partial charge on any atom is -0.479 e. The van der Waals surface area contributed by atoms with E-state index in [1.165, 1.54) is 6.20 Å². The molecule has 1 atom stereocenters. The first-order valence-electron chi connectivity index (χ1n) is 6.88. The molecule has 0 N–H and O–H groups in total. The van der Waals surface area contributed by atoms with Gasteiger partial charge in [-0.15, -0.1) is 0 Å². The van der Waals surface area contributed by atoms with Gasteiger partial charge in [-0.05, 0) is 25.1 Å². The first kappa shape index (κ1) is 17.9. The second-order valence-corrected chi connectivity index (χ2v) is 5.31. The topological polar surface area (TPSA) is 57.7 Å². The quantitative estimate of drug-likeness (QED) is 0.577. The van der Waals surface area contributed by atoms with Crippen LogP contribution in [0.3, 0.4) is 0 Å². The summed E-state index contributed by atoms with van der Waals surface area (Å²) < 4.78 is 15.8. The summed E-state index contributed by atoms with van der Waals surface area (Å²) in [6.45, 7) is 3.12. The van der Waals surface area contributed by atoms with Crippen LogP contribution in [0.2, 0.25) is 10.0 Å². The van der Waals surface area contributed by atoms with E-state index < -0.39 is 12.1 Å². The monoisotopic (exact) mass is 365 g/mol. The number of esters is 1. The molecule has 5 nitrogen and oxygen atoms in total. The van der Waals surface area contributed by atoms with Crippen molar-refractivity contribution in [1.29, 1.82) is 0 Å². The zero-order chi connectivity index (χ0) is 17.5. The van der Waals surface area contributed by atoms with Crippen molar-refractivity contribution in [2.45, 2.75) is 20.0 Å². The number of carbonyl (C=O) groups is 1. The Balaban J connectivity index is 2.09. The number of benzene rings is 1. The number of halogens is 2. The van der Waals surface area contributed by atoms with Crippen LogP contribution >= 0.6 is 23.2 Å². The molecule has 0 radical (unpaired) electrons. The molecule has 1 heterocycles. The molecule has 0 amide bonds. The third-order valence-corrected chi connectivity index (χ3v) is 3.51. The van der Waals surface area contributed by atoms with E-state index in [1.54, 1.807) is 44.2 Å². The van der Waals surface area contributed by atoms with Crippen molar-refractivity contribution in [2.24, 2.45) is 0 Å². The Bertz CT molecular complexity index is 799. The molecule has 0 fully saturated rings. The third-order valence-electron chi connectivity index (χ3n) is 2.73. The van der Waals surface area contributed by atoms with Crippen LogP contribution in [0, 0.1) is 12.0 Å². The Labute approximate surface area is 149 Å². The summed E-state index contributed by atoms with van der Waals surface area (Å²) in [5, 5.41) is 0.544. The minimum absolute atomic E-state index is 0.173. The fourth-order valence-electron chi connectivity index (χ4n) is 1.63. The normalized spacial score (nSPS) is 11.0. The molecule has 24 heavy (non-hydrogen) atoms. The smallest absolute Gasteiger partial charge is 0.360 e. The van der Waals surface area contributed by atoms with Gasteiger partial charge in [-0.3, -0.25) is 0 Å². The van der Waals surface area contributed by atoms with Gasteiger partial charge in [0.2, 0.25) is 5.88 Å². The average molecular weight is 366 g/mol. The van der Waals surface area contributed by atoms with E-state index in [4.69, 9.17) is 32.7 Å². The van der Waals surface area contributed by atoms with Gasteiger partial charge in [0.05, 0.1) is 5.02 Å². The van der Waals surface area contributed by atoms with Crippen LogP contribution in [0.5, 0.6) is 17.4 Å². The van der Waals surface area contributed by atoms with Gasteiger partial charge < -0.3 is 14.2 Å². The number of hydrogen-bond donors (Lipinski definition) is 0. The van der Waals surface area contributed by atoms with Crippen LogP contribution in [0.25, 0.3) is 0 Å². The Morgan fingerprint density at radius 1 is 1.25 bits per heavy atom. The summed E-state index contributed by atoms with van der Waals surface area (Å²) >= 11 is 12.0. The lowest BCUT2D eigenvalue weighted by molar-refractivity contribution is -0.143. The molecule has 0 saturated carbocycles. The number of nitrogens with zero attached hydrogens (tertiary/aromatic N) is 1. The van der Waals surface area contributed by atoms with Crippen LogP contribution in [0.1, 0.15) is 13.8 Å². The first-order valence-corrected chi connectivity index (χ1v) is 7.64. The average Bonchev–Trinajstić information content (AvgIpc) is 2.57. The van der Waals surface area contributed by atoms with E-state index in [-0.39, 0.29) is 10.9 Å². The minimum atomic E-state index is -0.825. The van der Waals surface area contributed by atoms with Crippen molar-refractivity contribution in [3.05, 3.63) is 46.6 Å². The number of ether oxygens (including phenoxy) is 3. The third kappa shape index (κ3) is 4.79. The van der Waals surface area contributed by atoms with Crippen LogP contribution in [0.4, 0.5) is 0 Å². The Morgan fingerprint density at radius 3 is 2.75 bits per heavy atom. The van der Waals surface area contributed by atoms with E-state index in [1.807, 2.05) is 0 Å². The molecule has 2 rings (SSSR count). The van der Waals surface area contributed by atoms with Crippen molar-refractivity contribution in [2.75, 3.05) is 0 Å². The molecule has 2 aromatic rings. The molecule has 1 aromatic carbocycles. The molecular formula is C17H13Cl2NO4. The Kier molecular flexibility index (Phi) is 6.30. The highest BCUT2D eigenvalue weighted by Gasteiger charge is 2.16. The second kappa shape index (κ2) is 8.44. The van der Waals surface area contributed by atoms with Crippen molar-refractivity contribution < 1.29 is 19.0 Å². The standard InChI is InChI=1S/C17H13Cl2NO4/c1-3-9-22-17(21)11(2)23-12-5-4-6-13(10-12)24-16-15(19)14(18)7-8-20-16/h4-8,10-11H,1-2H3. The molecule has 0 aliphatic rings. The van der Waals surface area contributed by atoms with E-state index in [0.29, 0.717) is 16.5 Å². The van der Waals surface area contributed by atoms with Crippen molar-refractivity contribution in [3.8, 4) is 29.4 Å². The lowest BCUT2D eigenvalue weighted by Gasteiger charge is -2.13. The lowest BCUT2D eigenvalue weighted by Crippen LogP contribution is -2.24. The fourth-order valence-corrected chi connectivity index (χ4v) is 1.92. The Morgan fingerprint density at radius 2 is 2.00 bits per heavy atom. The van der Waals surface area contributed by atoms with Crippen molar-refractivity contribution in [3.63, 3.8) is 0 Å². The predicted molar refractivity (Wildman–Crippen MR) is 90.4 cm³/mol. The molecule has 0 saturated heterocycles. The summed E-state index contributed by atoms with van der Waals surface area (Å²) in [5.74, 6) is 2.90. The maximum absolute atomic E-state index is 11.6. The Hall–Kier alpha value is -2.42. The maximum Gasteiger partial charge on any atom is 0.360 e. The first-order chi connectivity index (χ1) is 11.5. The molecule has 124 valence electrons. The number of pyridine rings is 1. The van der Waals surface area contributed by atoms with E-state index in [9.17, 15) is 4.79 Å². The van der Waals surface area contributed by atoms with Crippen LogP contribution in [0.15, 0.2) is 36.5 Å². The fraction of sp³-hybridized carbons (Fsp3) is 0.176. The highest BCUT2D eigenvalue weighted by Crippen LogP contribution is 2.33. The molecule has 7 heteroatoms. The summed E-state index contributed by atoms with van der Waals surface area (Å²) in [4.78, 5) is 15.7. The highest BCUT2D eigenvalue weighted by molar-refractivity contribution is 6.42. The second-order valence-electron chi connectivity index (χ2n) is 4.52. The van der Waals surface area contributed by atoms with E-state index in [0.717, 1.165) is 0 Å². The molecular weight excluding hydrogens is 353 g/mol. The molecule has 0 aliphatic carbocycles. The molecule has 1 unspecified atom stereocenters. The van der Waals surface area contributed by atoms with Gasteiger partial charge in [-0.1, -0.05) is 35.2 Å². The van der Waals surface area contributed by atoms with E-state index >= 15 is 0 Å². The van der Waals surface area contributed by atoms with Gasteiger partial charge in [0.15, 0.2) is 6.10 Å². The molecule has 0 aliphatic heterocycles. The highest BCUT2D eigenvalue weighted by atomic mass is 35.5. The van der Waals surface area contributed by atoms with Crippen LogP contribution in [-0.4, -0.2) is 17.1 Å². The van der Waals surface area contributed by atoms with Crippen molar-refractivity contribution >= 4 is 29.2 Å². The lowest BCUT2D eigenvalue weighted by atomic mass is 10.3. The number of aromatic nitrogens is 1. The summed E-state index contributed by atoms with van der Waals surface area (Å²) in [7, 11) is 0. The van der Waals surface area contributed by atoms with Gasteiger partial charge in [-0.2, -0.15) is 0 Å². The van der Waals surface area contributed by atoms with E-state index in [2.05, 4.69) is 21.7 Å². The van der Waals surface area contributed by atoms with Gasteiger partial charge in [0.25, 0.3) is 0 Å². The molecule has 1 aromatic heterocycles. The summed E-state index contributed by atoms with van der Waals surface area (Å²) in [5.41, 5.74) is 0. The SMILES string of the molecule is CC#COC(=O)C(C)Oc1cccc(Oc2nccc(Cl)c2Cl)c1. The molecule has 0 spiro atoms. The van der Waals surface area contributed by atoms with Gasteiger partial charge in [-0.25, -0.2) is 9.78 Å². The van der Waals surface area contributed by atoms with Crippen molar-refractivity contribution in [1.82, 2.24) is 4.98 Å². The number of rotatable bonds is 5. The number of hydrogen-bond acceptors (Lipinski definition) is 5. The zero-order valence-electron chi connectivity index (χ0n) is 12.9. The van der Waals surface area contributed by atoms with Crippen LogP contribution in [-0.2, 0) is 9.53 Å². The van der Waals surface area contributed by atoms with Gasteiger partial charge in [0.1, 0.15) is 22.6 Å². The zero-order valence-corrected chi connectivity index (χ0v) is 14.4. The summed E-state index contributed by atoms with van der Waals surface area (Å²) in [6, 6.07) is 8.22. The number of carbonyl (C=O) groups excluding carboxylic acids is 1. The molecule has 0 bridgehead atoms. The largest absolute Gasteiger partial charge is 0.479 e. The maximum atomic E-state index is 11.6. The van der Waals surface area contributed by atoms with Gasteiger partial charge in [0, 0.05) is 19.2 Å². The summed E-state index contributed by atoms with van der Waals surface area (Å²) in [6.07, 6.45) is 2.89. The van der Waals surface area contributed by atoms with Gasteiger partial charge >= 0.3 is 5.97 Å².